The van der Waals surface area contributed by atoms with Crippen molar-refractivity contribution < 1.29 is 5.11 Å². The summed E-state index contributed by atoms with van der Waals surface area (Å²) >= 11 is 0. The Hall–Kier alpha value is -0.960. The van der Waals surface area contributed by atoms with Crippen molar-refractivity contribution in [2.45, 2.75) is 19.8 Å². The van der Waals surface area contributed by atoms with Crippen LogP contribution in [0.3, 0.4) is 0 Å². The van der Waals surface area contributed by atoms with Gasteiger partial charge in [0.1, 0.15) is 5.82 Å². The Morgan fingerprint density at radius 3 is 3.00 bits per heavy atom. The molecule has 0 aliphatic carbocycles. The lowest BCUT2D eigenvalue weighted by atomic mass is 10.3. The molecule has 0 bridgehead atoms. The molecular formula is C8H12N2O. The van der Waals surface area contributed by atoms with Crippen molar-refractivity contribution in [2.75, 3.05) is 6.61 Å². The quantitative estimate of drug-likeness (QED) is 0.689. The minimum Gasteiger partial charge on any atom is -0.396 e. The molecule has 1 aromatic heterocycles. The number of aliphatic hydroxyl groups is 1. The van der Waals surface area contributed by atoms with Crippen LogP contribution in [0.1, 0.15) is 18.4 Å². The summed E-state index contributed by atoms with van der Waals surface area (Å²) in [7, 11) is 0. The monoisotopic (exact) mass is 152 g/mol. The lowest BCUT2D eigenvalue weighted by Crippen LogP contribution is -2.00. The van der Waals surface area contributed by atoms with E-state index in [2.05, 4.69) is 9.97 Å². The smallest absolute Gasteiger partial charge is 0.130 e. The minimum absolute atomic E-state index is 0.118. The number of hydrogen-bond donors (Lipinski definition) is 1. The molecule has 1 rings (SSSR count). The molecule has 0 saturated heterocycles. The maximum atomic E-state index is 8.60. The number of rotatable bonds is 3. The molecule has 0 unspecified atom stereocenters. The van der Waals surface area contributed by atoms with Gasteiger partial charge >= 0.3 is 0 Å². The van der Waals surface area contributed by atoms with Crippen molar-refractivity contribution in [1.29, 1.82) is 0 Å². The molecule has 11 heavy (non-hydrogen) atoms. The Labute approximate surface area is 66.1 Å². The largest absolute Gasteiger partial charge is 0.396 e. The van der Waals surface area contributed by atoms with Gasteiger partial charge in [-0.15, -0.1) is 0 Å². The van der Waals surface area contributed by atoms with Crippen molar-refractivity contribution in [3.8, 4) is 0 Å². The van der Waals surface area contributed by atoms with Gasteiger partial charge in [0.2, 0.25) is 0 Å². The Bertz CT molecular complexity index is 225. The van der Waals surface area contributed by atoms with Crippen LogP contribution in [0, 0.1) is 0 Å². The van der Waals surface area contributed by atoms with Crippen LogP contribution >= 0.6 is 0 Å². The third kappa shape index (κ3) is 2.27. The highest BCUT2D eigenvalue weighted by atomic mass is 16.3. The topological polar surface area (TPSA) is 46.0 Å². The first-order valence-corrected chi connectivity index (χ1v) is 3.78. The van der Waals surface area contributed by atoms with Crippen LogP contribution in [0.2, 0.25) is 0 Å². The van der Waals surface area contributed by atoms with Crippen LogP contribution < -0.4 is 0 Å². The molecule has 1 N–H and O–H groups in total. The van der Waals surface area contributed by atoms with Gasteiger partial charge in [-0.1, -0.05) is 6.92 Å². The van der Waals surface area contributed by atoms with Gasteiger partial charge in [0.15, 0.2) is 0 Å². The summed E-state index contributed by atoms with van der Waals surface area (Å²) in [6, 6.07) is 1.89. The Morgan fingerprint density at radius 2 is 2.36 bits per heavy atom. The van der Waals surface area contributed by atoms with Gasteiger partial charge in [0.25, 0.3) is 0 Å². The van der Waals surface area contributed by atoms with Gasteiger partial charge in [0, 0.05) is 18.3 Å². The zero-order valence-corrected chi connectivity index (χ0v) is 6.62. The zero-order chi connectivity index (χ0) is 8.10. The molecule has 0 radical (unpaired) electrons. The molecule has 0 aliphatic heterocycles. The molecule has 0 fully saturated rings. The normalized spacial score (nSPS) is 10.0. The van der Waals surface area contributed by atoms with Crippen molar-refractivity contribution in [3.05, 3.63) is 23.8 Å². The van der Waals surface area contributed by atoms with E-state index >= 15 is 0 Å². The fraction of sp³-hybridized carbons (Fsp3) is 0.500. The molecule has 0 aliphatic rings. The maximum Gasteiger partial charge on any atom is 0.130 e. The average molecular weight is 152 g/mol. The van der Waals surface area contributed by atoms with E-state index in [1.807, 2.05) is 13.0 Å². The molecule has 0 aromatic carbocycles. The van der Waals surface area contributed by atoms with E-state index in [0.29, 0.717) is 6.42 Å². The molecule has 0 saturated carbocycles. The van der Waals surface area contributed by atoms with E-state index in [0.717, 1.165) is 17.9 Å². The predicted molar refractivity (Wildman–Crippen MR) is 42.2 cm³/mol. The van der Waals surface area contributed by atoms with Crippen molar-refractivity contribution in [1.82, 2.24) is 9.97 Å². The number of aliphatic hydroxyl groups excluding tert-OH is 1. The molecular weight excluding hydrogens is 140 g/mol. The van der Waals surface area contributed by atoms with E-state index in [1.54, 1.807) is 6.20 Å². The second-order valence-electron chi connectivity index (χ2n) is 2.29. The third-order valence-corrected chi connectivity index (χ3v) is 1.46. The average Bonchev–Trinajstić information content (AvgIpc) is 2.06. The van der Waals surface area contributed by atoms with Gasteiger partial charge in [0.05, 0.1) is 6.61 Å². The van der Waals surface area contributed by atoms with Crippen LogP contribution in [-0.4, -0.2) is 21.7 Å². The summed E-state index contributed by atoms with van der Waals surface area (Å²) in [5.41, 5.74) is 1.03. The van der Waals surface area contributed by atoms with Crippen molar-refractivity contribution in [2.24, 2.45) is 0 Å². The summed E-state index contributed by atoms with van der Waals surface area (Å²) < 4.78 is 0. The van der Waals surface area contributed by atoms with Crippen LogP contribution in [0.25, 0.3) is 0 Å². The fourth-order valence-electron chi connectivity index (χ4n) is 0.859. The standard InChI is InChI=1S/C8H12N2O/c1-2-7-3-5-9-8(10-7)4-6-11/h3,5,11H,2,4,6H2,1H3. The van der Waals surface area contributed by atoms with Crippen LogP contribution in [-0.2, 0) is 12.8 Å². The highest BCUT2D eigenvalue weighted by molar-refractivity contribution is 5.01. The molecule has 0 amide bonds. The second kappa shape index (κ2) is 4.03. The van der Waals surface area contributed by atoms with Gasteiger partial charge in [-0.05, 0) is 12.5 Å². The highest BCUT2D eigenvalue weighted by Crippen LogP contribution is 1.96. The molecule has 1 heterocycles. The summed E-state index contributed by atoms with van der Waals surface area (Å²) in [6.07, 6.45) is 3.20. The number of hydrogen-bond acceptors (Lipinski definition) is 3. The van der Waals surface area contributed by atoms with Crippen LogP contribution in [0.4, 0.5) is 0 Å². The Morgan fingerprint density at radius 1 is 1.55 bits per heavy atom. The van der Waals surface area contributed by atoms with E-state index in [1.165, 1.54) is 0 Å². The first-order chi connectivity index (χ1) is 5.36. The maximum absolute atomic E-state index is 8.60. The first-order valence-electron chi connectivity index (χ1n) is 3.78. The number of aryl methyl sites for hydroxylation is 1. The van der Waals surface area contributed by atoms with E-state index in [4.69, 9.17) is 5.11 Å². The van der Waals surface area contributed by atoms with Gasteiger partial charge in [-0.3, -0.25) is 0 Å². The van der Waals surface area contributed by atoms with Crippen LogP contribution in [0.5, 0.6) is 0 Å². The molecule has 0 spiro atoms. The number of aromatic nitrogens is 2. The third-order valence-electron chi connectivity index (χ3n) is 1.46. The van der Waals surface area contributed by atoms with E-state index in [9.17, 15) is 0 Å². The molecule has 0 atom stereocenters. The van der Waals surface area contributed by atoms with Crippen molar-refractivity contribution >= 4 is 0 Å². The molecule has 1 aromatic rings. The summed E-state index contributed by atoms with van der Waals surface area (Å²) in [6.45, 7) is 2.16. The SMILES string of the molecule is CCc1ccnc(CCO)n1. The minimum atomic E-state index is 0.118. The Kier molecular flexibility index (Phi) is 2.98. The summed E-state index contributed by atoms with van der Waals surface area (Å²) in [5, 5.41) is 8.60. The Balaban J connectivity index is 2.74. The van der Waals surface area contributed by atoms with Gasteiger partial charge < -0.3 is 5.11 Å². The fourth-order valence-corrected chi connectivity index (χ4v) is 0.859. The second-order valence-corrected chi connectivity index (χ2v) is 2.29. The molecule has 60 valence electrons. The van der Waals surface area contributed by atoms with Gasteiger partial charge in [-0.25, -0.2) is 9.97 Å². The number of nitrogens with zero attached hydrogens (tertiary/aromatic N) is 2. The lowest BCUT2D eigenvalue weighted by Gasteiger charge is -1.98. The van der Waals surface area contributed by atoms with E-state index in [-0.39, 0.29) is 6.61 Å². The summed E-state index contributed by atoms with van der Waals surface area (Å²) in [4.78, 5) is 8.22. The van der Waals surface area contributed by atoms with Gasteiger partial charge in [-0.2, -0.15) is 0 Å². The highest BCUT2D eigenvalue weighted by Gasteiger charge is 1.95. The van der Waals surface area contributed by atoms with E-state index < -0.39 is 0 Å². The van der Waals surface area contributed by atoms with Crippen LogP contribution in [0.15, 0.2) is 12.3 Å². The lowest BCUT2D eigenvalue weighted by molar-refractivity contribution is 0.296. The predicted octanol–water partition coefficient (Wildman–Crippen LogP) is 0.574. The molecule has 3 nitrogen and oxygen atoms in total. The van der Waals surface area contributed by atoms with Crippen molar-refractivity contribution in [3.63, 3.8) is 0 Å². The summed E-state index contributed by atoms with van der Waals surface area (Å²) in [5.74, 6) is 0.729. The first kappa shape index (κ1) is 8.14. The zero-order valence-electron chi connectivity index (χ0n) is 6.62. The molecule has 3 heteroatoms.